The standard InChI is InChI=1S/C19H21N3O2/c1-24-18(23)16(10-11-22-19(20)21)17-14-8-4-2-6-12(14)13-7-3-5-9-15(13)17/h2-9,16-17H,10-11H2,1H3,(H4,20,21,22). The van der Waals surface area contributed by atoms with Crippen molar-refractivity contribution in [2.45, 2.75) is 12.3 Å². The van der Waals surface area contributed by atoms with Crippen molar-refractivity contribution >= 4 is 11.9 Å². The Labute approximate surface area is 141 Å². The van der Waals surface area contributed by atoms with Crippen LogP contribution in [0.2, 0.25) is 0 Å². The largest absolute Gasteiger partial charge is 0.469 e. The van der Waals surface area contributed by atoms with Crippen molar-refractivity contribution in [2.75, 3.05) is 13.7 Å². The summed E-state index contributed by atoms with van der Waals surface area (Å²) < 4.78 is 5.06. The number of nitrogens with zero attached hydrogens (tertiary/aromatic N) is 1. The van der Waals surface area contributed by atoms with E-state index in [9.17, 15) is 4.79 Å². The number of carbonyl (C=O) groups is 1. The van der Waals surface area contributed by atoms with Crippen LogP contribution in [0, 0.1) is 5.92 Å². The van der Waals surface area contributed by atoms with E-state index >= 15 is 0 Å². The fraction of sp³-hybridized carbons (Fsp3) is 0.263. The second kappa shape index (κ2) is 6.74. The first kappa shape index (κ1) is 16.1. The number of rotatable bonds is 5. The van der Waals surface area contributed by atoms with Gasteiger partial charge in [-0.2, -0.15) is 0 Å². The van der Waals surface area contributed by atoms with E-state index in [2.05, 4.69) is 29.3 Å². The molecule has 1 aliphatic carbocycles. The van der Waals surface area contributed by atoms with Crippen molar-refractivity contribution in [3.63, 3.8) is 0 Å². The molecule has 1 unspecified atom stereocenters. The first-order chi connectivity index (χ1) is 11.6. The predicted molar refractivity (Wildman–Crippen MR) is 94.5 cm³/mol. The molecular weight excluding hydrogens is 302 g/mol. The van der Waals surface area contributed by atoms with Crippen LogP contribution in [0.3, 0.4) is 0 Å². The molecule has 0 saturated heterocycles. The van der Waals surface area contributed by atoms with Crippen molar-refractivity contribution in [3.05, 3.63) is 59.7 Å². The van der Waals surface area contributed by atoms with Gasteiger partial charge in [-0.3, -0.25) is 9.79 Å². The number of fused-ring (bicyclic) bond motifs is 3. The minimum Gasteiger partial charge on any atom is -0.469 e. The molecular formula is C19H21N3O2. The van der Waals surface area contributed by atoms with Gasteiger partial charge in [-0.05, 0) is 28.7 Å². The van der Waals surface area contributed by atoms with Crippen molar-refractivity contribution in [1.82, 2.24) is 0 Å². The second-order valence-corrected chi connectivity index (χ2v) is 5.88. The Hall–Kier alpha value is -2.82. The molecule has 0 radical (unpaired) electrons. The lowest BCUT2D eigenvalue weighted by molar-refractivity contribution is -0.146. The van der Waals surface area contributed by atoms with Crippen LogP contribution in [0.4, 0.5) is 0 Å². The van der Waals surface area contributed by atoms with E-state index in [0.717, 1.165) is 11.1 Å². The number of hydrogen-bond acceptors (Lipinski definition) is 3. The Morgan fingerprint density at radius 1 is 1.08 bits per heavy atom. The minimum absolute atomic E-state index is 0.0332. The molecule has 2 aromatic rings. The summed E-state index contributed by atoms with van der Waals surface area (Å²) in [4.78, 5) is 16.5. The Morgan fingerprint density at radius 2 is 1.62 bits per heavy atom. The SMILES string of the molecule is COC(=O)C(CCN=C(N)N)C1c2ccccc2-c2ccccc21. The zero-order valence-electron chi connectivity index (χ0n) is 13.6. The molecule has 0 bridgehead atoms. The van der Waals surface area contributed by atoms with E-state index in [-0.39, 0.29) is 23.8 Å². The van der Waals surface area contributed by atoms with Crippen LogP contribution in [0.25, 0.3) is 11.1 Å². The van der Waals surface area contributed by atoms with Gasteiger partial charge in [-0.1, -0.05) is 48.5 Å². The van der Waals surface area contributed by atoms with Crippen molar-refractivity contribution in [1.29, 1.82) is 0 Å². The van der Waals surface area contributed by atoms with Crippen LogP contribution >= 0.6 is 0 Å². The summed E-state index contributed by atoms with van der Waals surface area (Å²) in [6, 6.07) is 16.4. The zero-order valence-corrected chi connectivity index (χ0v) is 13.6. The predicted octanol–water partition coefficient (Wildman–Crippen LogP) is 2.25. The molecule has 24 heavy (non-hydrogen) atoms. The molecule has 0 fully saturated rings. The summed E-state index contributed by atoms with van der Waals surface area (Å²) in [5, 5.41) is 0. The van der Waals surface area contributed by atoms with E-state index in [1.54, 1.807) is 0 Å². The number of benzene rings is 2. The quantitative estimate of drug-likeness (QED) is 0.501. The Balaban J connectivity index is 2.03. The summed E-state index contributed by atoms with van der Waals surface area (Å²) in [7, 11) is 1.42. The van der Waals surface area contributed by atoms with E-state index in [1.807, 2.05) is 24.3 Å². The average Bonchev–Trinajstić information content (AvgIpc) is 2.92. The normalized spacial score (nSPS) is 13.7. The van der Waals surface area contributed by atoms with E-state index in [0.29, 0.717) is 13.0 Å². The number of methoxy groups -OCH3 is 1. The lowest BCUT2D eigenvalue weighted by Crippen LogP contribution is -2.26. The Kier molecular flexibility index (Phi) is 4.51. The van der Waals surface area contributed by atoms with Gasteiger partial charge in [0.1, 0.15) is 0 Å². The lowest BCUT2D eigenvalue weighted by Gasteiger charge is -2.23. The molecule has 0 saturated carbocycles. The molecule has 0 heterocycles. The molecule has 2 aromatic carbocycles. The maximum absolute atomic E-state index is 12.5. The van der Waals surface area contributed by atoms with Gasteiger partial charge in [0.2, 0.25) is 0 Å². The first-order valence-electron chi connectivity index (χ1n) is 7.95. The number of aliphatic imine (C=N–C) groups is 1. The molecule has 0 aromatic heterocycles. The van der Waals surface area contributed by atoms with Gasteiger partial charge in [-0.15, -0.1) is 0 Å². The Bertz CT molecular complexity index is 736. The van der Waals surface area contributed by atoms with Gasteiger partial charge >= 0.3 is 5.97 Å². The maximum Gasteiger partial charge on any atom is 0.309 e. The van der Waals surface area contributed by atoms with Crippen LogP contribution in [-0.2, 0) is 9.53 Å². The summed E-state index contributed by atoms with van der Waals surface area (Å²) in [6.45, 7) is 0.392. The highest BCUT2D eigenvalue weighted by Crippen LogP contribution is 2.49. The Morgan fingerprint density at radius 3 is 2.12 bits per heavy atom. The monoisotopic (exact) mass is 323 g/mol. The summed E-state index contributed by atoms with van der Waals surface area (Å²) >= 11 is 0. The molecule has 0 spiro atoms. The number of guanidine groups is 1. The third kappa shape index (κ3) is 2.85. The van der Waals surface area contributed by atoms with E-state index in [4.69, 9.17) is 16.2 Å². The first-order valence-corrected chi connectivity index (χ1v) is 7.95. The number of esters is 1. The molecule has 0 aliphatic heterocycles. The highest BCUT2D eigenvalue weighted by Gasteiger charge is 2.38. The molecule has 1 atom stereocenters. The number of carbonyl (C=O) groups excluding carboxylic acids is 1. The van der Waals surface area contributed by atoms with Crippen LogP contribution < -0.4 is 11.5 Å². The molecule has 5 nitrogen and oxygen atoms in total. The molecule has 1 aliphatic rings. The summed E-state index contributed by atoms with van der Waals surface area (Å²) in [5.41, 5.74) is 15.5. The fourth-order valence-electron chi connectivity index (χ4n) is 3.53. The lowest BCUT2D eigenvalue weighted by atomic mass is 9.82. The summed E-state index contributed by atoms with van der Waals surface area (Å²) in [5.74, 6) is -0.579. The number of hydrogen-bond donors (Lipinski definition) is 2. The molecule has 5 heteroatoms. The minimum atomic E-state index is -0.331. The third-order valence-electron chi connectivity index (χ3n) is 4.52. The number of nitrogens with two attached hydrogens (primary N) is 2. The highest BCUT2D eigenvalue weighted by molar-refractivity contribution is 5.83. The van der Waals surface area contributed by atoms with Crippen LogP contribution in [-0.4, -0.2) is 25.6 Å². The molecule has 4 N–H and O–H groups in total. The van der Waals surface area contributed by atoms with Gasteiger partial charge in [0.15, 0.2) is 5.96 Å². The zero-order chi connectivity index (χ0) is 17.1. The fourth-order valence-corrected chi connectivity index (χ4v) is 3.53. The maximum atomic E-state index is 12.5. The van der Waals surface area contributed by atoms with Crippen molar-refractivity contribution in [3.8, 4) is 11.1 Å². The average molecular weight is 323 g/mol. The van der Waals surface area contributed by atoms with E-state index in [1.165, 1.54) is 18.2 Å². The number of ether oxygens (including phenoxy) is 1. The molecule has 3 rings (SSSR count). The second-order valence-electron chi connectivity index (χ2n) is 5.88. The molecule has 124 valence electrons. The smallest absolute Gasteiger partial charge is 0.309 e. The van der Waals surface area contributed by atoms with Gasteiger partial charge in [0.05, 0.1) is 13.0 Å². The van der Waals surface area contributed by atoms with Gasteiger partial charge in [0.25, 0.3) is 0 Å². The summed E-state index contributed by atoms with van der Waals surface area (Å²) in [6.07, 6.45) is 0.526. The van der Waals surface area contributed by atoms with E-state index < -0.39 is 0 Å². The van der Waals surface area contributed by atoms with Crippen LogP contribution in [0.1, 0.15) is 23.5 Å². The van der Waals surface area contributed by atoms with Crippen LogP contribution in [0.5, 0.6) is 0 Å². The van der Waals surface area contributed by atoms with Crippen LogP contribution in [0.15, 0.2) is 53.5 Å². The van der Waals surface area contributed by atoms with Gasteiger partial charge in [0, 0.05) is 12.5 Å². The topological polar surface area (TPSA) is 90.7 Å². The van der Waals surface area contributed by atoms with Gasteiger partial charge in [-0.25, -0.2) is 0 Å². The van der Waals surface area contributed by atoms with Crippen molar-refractivity contribution in [2.24, 2.45) is 22.4 Å². The van der Waals surface area contributed by atoms with Gasteiger partial charge < -0.3 is 16.2 Å². The van der Waals surface area contributed by atoms with Crippen molar-refractivity contribution < 1.29 is 9.53 Å². The molecule has 0 amide bonds. The third-order valence-corrected chi connectivity index (χ3v) is 4.52. The highest BCUT2D eigenvalue weighted by atomic mass is 16.5.